The van der Waals surface area contributed by atoms with E-state index in [4.69, 9.17) is 5.11 Å². The van der Waals surface area contributed by atoms with E-state index >= 15 is 0 Å². The van der Waals surface area contributed by atoms with Crippen LogP contribution in [0, 0.1) is 0 Å². The van der Waals surface area contributed by atoms with Crippen LogP contribution in [0.4, 0.5) is 9.59 Å². The highest BCUT2D eigenvalue weighted by atomic mass is 16.6. The zero-order valence-corrected chi connectivity index (χ0v) is 7.32. The highest BCUT2D eigenvalue weighted by Gasteiger charge is 2.32. The van der Waals surface area contributed by atoms with E-state index in [0.29, 0.717) is 13.0 Å². The minimum absolute atomic E-state index is 0.301. The Balaban J connectivity index is 2.66. The van der Waals surface area contributed by atoms with E-state index < -0.39 is 12.2 Å². The van der Waals surface area contributed by atoms with Crippen LogP contribution in [-0.2, 0) is 4.74 Å². The van der Waals surface area contributed by atoms with Gasteiger partial charge in [0.25, 0.3) is 0 Å². The van der Waals surface area contributed by atoms with Gasteiger partial charge in [0.15, 0.2) is 0 Å². The first kappa shape index (κ1) is 9.79. The van der Waals surface area contributed by atoms with Gasteiger partial charge in [0.2, 0.25) is 0 Å². The van der Waals surface area contributed by atoms with Crippen molar-refractivity contribution >= 4 is 12.2 Å². The van der Waals surface area contributed by atoms with Crippen LogP contribution in [0.5, 0.6) is 0 Å². The minimum atomic E-state index is -1.26. The second-order valence-corrected chi connectivity index (χ2v) is 2.77. The Morgan fingerprint density at radius 1 is 1.62 bits per heavy atom. The summed E-state index contributed by atoms with van der Waals surface area (Å²) in [5, 5.41) is 11.7. The first-order valence-corrected chi connectivity index (χ1v) is 3.97. The van der Waals surface area contributed by atoms with Crippen LogP contribution in [0.1, 0.15) is 6.42 Å². The maximum Gasteiger partial charge on any atom is 0.419 e. The number of carbonyl (C=O) groups excluding carboxylic acids is 1. The molecule has 1 saturated heterocycles. The fourth-order valence-electron chi connectivity index (χ4n) is 1.34. The third-order valence-corrected chi connectivity index (χ3v) is 1.98. The van der Waals surface area contributed by atoms with Crippen molar-refractivity contribution in [2.24, 2.45) is 0 Å². The van der Waals surface area contributed by atoms with Crippen LogP contribution < -0.4 is 5.32 Å². The summed E-state index contributed by atoms with van der Waals surface area (Å²) >= 11 is 0. The molecule has 0 bridgehead atoms. The van der Waals surface area contributed by atoms with E-state index in [1.165, 1.54) is 7.11 Å². The van der Waals surface area contributed by atoms with Gasteiger partial charge in [0.1, 0.15) is 0 Å². The number of ether oxygens (including phenoxy) is 1. The smallest absolute Gasteiger partial charge is 0.419 e. The Labute approximate surface area is 75.5 Å². The van der Waals surface area contributed by atoms with Crippen molar-refractivity contribution in [3.05, 3.63) is 0 Å². The zero-order valence-electron chi connectivity index (χ0n) is 7.32. The van der Waals surface area contributed by atoms with E-state index in [0.717, 1.165) is 11.4 Å². The third kappa shape index (κ3) is 2.09. The Kier molecular flexibility index (Phi) is 3.07. The average Bonchev–Trinajstić information content (AvgIpc) is 2.56. The maximum absolute atomic E-state index is 11.0. The van der Waals surface area contributed by atoms with Gasteiger partial charge >= 0.3 is 12.2 Å². The average molecular weight is 188 g/mol. The van der Waals surface area contributed by atoms with Crippen LogP contribution in [0.25, 0.3) is 0 Å². The molecule has 13 heavy (non-hydrogen) atoms. The first-order chi connectivity index (χ1) is 6.16. The highest BCUT2D eigenvalue weighted by molar-refractivity contribution is 5.87. The molecule has 0 aromatic heterocycles. The number of hydrogen-bond donors (Lipinski definition) is 2. The summed E-state index contributed by atoms with van der Waals surface area (Å²) in [5.41, 5.74) is 0. The molecular formula is C7H12N2O4. The van der Waals surface area contributed by atoms with Gasteiger partial charge in [-0.25, -0.2) is 14.5 Å². The standard InChI is InChI=1S/C7H12N2O4/c1-13-7(12)9(6(10)11)5-2-3-8-4-5/h5,8H,2-4H2,1H3,(H,10,11). The predicted octanol–water partition coefficient (Wildman–Crippen LogP) is 0.0947. The van der Waals surface area contributed by atoms with Crippen LogP contribution in [-0.4, -0.2) is 48.4 Å². The van der Waals surface area contributed by atoms with Crippen LogP contribution in [0.15, 0.2) is 0 Å². The lowest BCUT2D eigenvalue weighted by Crippen LogP contribution is -2.44. The largest absolute Gasteiger partial charge is 0.465 e. The normalized spacial score (nSPS) is 21.2. The number of imide groups is 1. The summed E-state index contributed by atoms with van der Waals surface area (Å²) in [7, 11) is 1.17. The molecule has 2 amide bonds. The number of rotatable bonds is 1. The number of carbonyl (C=O) groups is 2. The topological polar surface area (TPSA) is 78.9 Å². The van der Waals surface area contributed by atoms with E-state index in [2.05, 4.69) is 10.1 Å². The molecule has 1 unspecified atom stereocenters. The SMILES string of the molecule is COC(=O)N(C(=O)O)C1CCNC1. The van der Waals surface area contributed by atoms with Gasteiger partial charge in [0, 0.05) is 6.54 Å². The molecule has 2 N–H and O–H groups in total. The second kappa shape index (κ2) is 4.08. The van der Waals surface area contributed by atoms with Crippen molar-refractivity contribution in [2.75, 3.05) is 20.2 Å². The van der Waals surface area contributed by atoms with Crippen molar-refractivity contribution in [3.8, 4) is 0 Å². The summed E-state index contributed by atoms with van der Waals surface area (Å²) in [4.78, 5) is 22.4. The lowest BCUT2D eigenvalue weighted by atomic mass is 10.2. The molecule has 0 aromatic carbocycles. The number of carboxylic acid groups (broad SMARTS) is 1. The fourth-order valence-corrected chi connectivity index (χ4v) is 1.34. The monoisotopic (exact) mass is 188 g/mol. The maximum atomic E-state index is 11.0. The number of nitrogens with zero attached hydrogens (tertiary/aromatic N) is 1. The zero-order chi connectivity index (χ0) is 9.84. The molecule has 0 aromatic rings. The van der Waals surface area contributed by atoms with E-state index in [9.17, 15) is 9.59 Å². The molecule has 0 aliphatic carbocycles. The molecule has 0 saturated carbocycles. The third-order valence-electron chi connectivity index (χ3n) is 1.98. The minimum Gasteiger partial charge on any atom is -0.465 e. The summed E-state index contributed by atoms with van der Waals surface area (Å²) < 4.78 is 4.36. The van der Waals surface area contributed by atoms with E-state index in [-0.39, 0.29) is 6.04 Å². The molecule has 1 aliphatic rings. The quantitative estimate of drug-likeness (QED) is 0.610. The summed E-state index contributed by atoms with van der Waals surface area (Å²) in [6, 6.07) is -0.301. The number of nitrogens with one attached hydrogen (secondary N) is 1. The number of amides is 2. The molecule has 74 valence electrons. The molecule has 0 spiro atoms. The molecule has 1 fully saturated rings. The van der Waals surface area contributed by atoms with Crippen molar-refractivity contribution in [1.82, 2.24) is 10.2 Å². The molecule has 0 radical (unpaired) electrons. The lowest BCUT2D eigenvalue weighted by molar-refractivity contribution is 0.0963. The predicted molar refractivity (Wildman–Crippen MR) is 43.5 cm³/mol. The van der Waals surface area contributed by atoms with Crippen molar-refractivity contribution in [2.45, 2.75) is 12.5 Å². The van der Waals surface area contributed by atoms with Gasteiger partial charge in [0.05, 0.1) is 13.2 Å². The van der Waals surface area contributed by atoms with E-state index in [1.54, 1.807) is 0 Å². The fraction of sp³-hybridized carbons (Fsp3) is 0.714. The Hall–Kier alpha value is -1.30. The Morgan fingerprint density at radius 2 is 2.31 bits per heavy atom. The molecule has 6 nitrogen and oxygen atoms in total. The Morgan fingerprint density at radius 3 is 2.69 bits per heavy atom. The van der Waals surface area contributed by atoms with Gasteiger partial charge in [-0.15, -0.1) is 0 Å². The van der Waals surface area contributed by atoms with Gasteiger partial charge in [-0.2, -0.15) is 0 Å². The van der Waals surface area contributed by atoms with E-state index in [1.807, 2.05) is 0 Å². The van der Waals surface area contributed by atoms with Crippen LogP contribution in [0.3, 0.4) is 0 Å². The summed E-state index contributed by atoms with van der Waals surface area (Å²) in [5.74, 6) is 0. The van der Waals surface area contributed by atoms with Crippen molar-refractivity contribution in [3.63, 3.8) is 0 Å². The van der Waals surface area contributed by atoms with Gasteiger partial charge in [-0.1, -0.05) is 0 Å². The molecule has 1 atom stereocenters. The summed E-state index contributed by atoms with van der Waals surface area (Å²) in [6.07, 6.45) is -1.44. The van der Waals surface area contributed by atoms with Crippen molar-refractivity contribution in [1.29, 1.82) is 0 Å². The molecule has 1 heterocycles. The molecule has 1 rings (SSSR count). The molecular weight excluding hydrogens is 176 g/mol. The highest BCUT2D eigenvalue weighted by Crippen LogP contribution is 2.09. The number of hydrogen-bond acceptors (Lipinski definition) is 4. The van der Waals surface area contributed by atoms with Gasteiger partial charge in [-0.05, 0) is 13.0 Å². The van der Waals surface area contributed by atoms with Gasteiger partial charge < -0.3 is 15.2 Å². The van der Waals surface area contributed by atoms with Gasteiger partial charge in [-0.3, -0.25) is 0 Å². The Bertz CT molecular complexity index is 213. The van der Waals surface area contributed by atoms with Crippen LogP contribution >= 0.6 is 0 Å². The molecule has 1 aliphatic heterocycles. The first-order valence-electron chi connectivity index (χ1n) is 3.97. The second-order valence-electron chi connectivity index (χ2n) is 2.77. The molecule has 6 heteroatoms. The lowest BCUT2D eigenvalue weighted by Gasteiger charge is -2.21. The number of methoxy groups -OCH3 is 1. The van der Waals surface area contributed by atoms with Crippen LogP contribution in [0.2, 0.25) is 0 Å². The summed E-state index contributed by atoms with van der Waals surface area (Å²) in [6.45, 7) is 1.23. The van der Waals surface area contributed by atoms with Crippen molar-refractivity contribution < 1.29 is 19.4 Å².